The Hall–Kier alpha value is -0.220. The van der Waals surface area contributed by atoms with Gasteiger partial charge in [0.05, 0.1) is 0 Å². The van der Waals surface area contributed by atoms with E-state index in [1.54, 1.807) is 0 Å². The fourth-order valence-electron chi connectivity index (χ4n) is 4.04. The van der Waals surface area contributed by atoms with Gasteiger partial charge in [-0.1, -0.05) is 32.6 Å². The van der Waals surface area contributed by atoms with Gasteiger partial charge in [-0.05, 0) is 49.8 Å². The average molecular weight is 313 g/mol. The van der Waals surface area contributed by atoms with Crippen molar-refractivity contribution < 1.29 is 4.79 Å². The zero-order valence-corrected chi connectivity index (χ0v) is 14.4. The van der Waals surface area contributed by atoms with E-state index in [1.165, 1.54) is 37.9 Å². The van der Waals surface area contributed by atoms with Gasteiger partial charge in [0.1, 0.15) is 0 Å². The topological polar surface area (TPSA) is 55.1 Å². The smallest absolute Gasteiger partial charge is 0.220 e. The molecule has 0 aromatic rings. The molecule has 0 saturated heterocycles. The third-order valence-electron chi connectivity index (χ3n) is 5.28. The van der Waals surface area contributed by atoms with E-state index in [0.717, 1.165) is 30.9 Å². The number of carbonyl (C=O) groups excluding carboxylic acids is 1. The van der Waals surface area contributed by atoms with Crippen LogP contribution in [-0.4, -0.2) is 29.5 Å². The third-order valence-corrected chi connectivity index (χ3v) is 6.51. The molecule has 0 radical (unpaired) electrons. The van der Waals surface area contributed by atoms with Gasteiger partial charge in [0.2, 0.25) is 5.91 Å². The van der Waals surface area contributed by atoms with Crippen LogP contribution in [0, 0.1) is 5.41 Å². The highest BCUT2D eigenvalue weighted by atomic mass is 32.2. The van der Waals surface area contributed by atoms with Gasteiger partial charge in [-0.3, -0.25) is 4.79 Å². The predicted octanol–water partition coefficient (Wildman–Crippen LogP) is 3.47. The summed E-state index contributed by atoms with van der Waals surface area (Å²) in [5, 5.41) is 4.05. The molecule has 2 fully saturated rings. The molecule has 0 aromatic heterocycles. The van der Waals surface area contributed by atoms with Crippen molar-refractivity contribution in [1.29, 1.82) is 0 Å². The van der Waals surface area contributed by atoms with E-state index in [-0.39, 0.29) is 11.3 Å². The summed E-state index contributed by atoms with van der Waals surface area (Å²) in [6.07, 6.45) is 11.6. The standard InChI is InChI=1S/C17H32N2OS/c1-2-21-15-8-6-7-14(11-15)19-16(20)12-17(13-18)9-4-3-5-10-17/h14-15H,2-13,18H2,1H3,(H,19,20). The molecule has 122 valence electrons. The predicted molar refractivity (Wildman–Crippen MR) is 91.5 cm³/mol. The Morgan fingerprint density at radius 2 is 2.00 bits per heavy atom. The maximum atomic E-state index is 12.4. The lowest BCUT2D eigenvalue weighted by Gasteiger charge is -2.36. The van der Waals surface area contributed by atoms with Gasteiger partial charge in [0.15, 0.2) is 0 Å². The fraction of sp³-hybridized carbons (Fsp3) is 0.941. The summed E-state index contributed by atoms with van der Waals surface area (Å²) in [6.45, 7) is 2.89. The molecular formula is C17H32N2OS. The summed E-state index contributed by atoms with van der Waals surface area (Å²) >= 11 is 2.05. The van der Waals surface area contributed by atoms with Crippen LogP contribution in [0.15, 0.2) is 0 Å². The highest BCUT2D eigenvalue weighted by Gasteiger charge is 2.34. The van der Waals surface area contributed by atoms with Crippen LogP contribution in [0.1, 0.15) is 71.1 Å². The van der Waals surface area contributed by atoms with Crippen LogP contribution < -0.4 is 11.1 Å². The SMILES string of the molecule is CCSC1CCCC(NC(=O)CC2(CN)CCCCC2)C1. The van der Waals surface area contributed by atoms with E-state index in [2.05, 4.69) is 24.0 Å². The van der Waals surface area contributed by atoms with E-state index in [0.29, 0.717) is 19.0 Å². The van der Waals surface area contributed by atoms with Crippen molar-refractivity contribution in [3.63, 3.8) is 0 Å². The summed E-state index contributed by atoms with van der Waals surface area (Å²) in [5.41, 5.74) is 6.09. The Kier molecular flexibility index (Phi) is 6.87. The lowest BCUT2D eigenvalue weighted by Crippen LogP contribution is -2.43. The molecule has 21 heavy (non-hydrogen) atoms. The summed E-state index contributed by atoms with van der Waals surface area (Å²) in [4.78, 5) is 12.4. The van der Waals surface area contributed by atoms with E-state index < -0.39 is 0 Å². The van der Waals surface area contributed by atoms with Crippen molar-refractivity contribution in [2.24, 2.45) is 11.1 Å². The normalized spacial score (nSPS) is 29.0. The van der Waals surface area contributed by atoms with E-state index in [1.807, 2.05) is 0 Å². The summed E-state index contributed by atoms with van der Waals surface area (Å²) in [6, 6.07) is 0.397. The Labute approximate surface area is 134 Å². The first-order valence-corrected chi connectivity index (χ1v) is 9.83. The van der Waals surface area contributed by atoms with Crippen molar-refractivity contribution in [1.82, 2.24) is 5.32 Å². The first kappa shape index (κ1) is 17.1. The molecule has 0 spiro atoms. The monoisotopic (exact) mass is 312 g/mol. The van der Waals surface area contributed by atoms with Crippen molar-refractivity contribution in [2.45, 2.75) is 82.4 Å². The van der Waals surface area contributed by atoms with Gasteiger partial charge in [-0.25, -0.2) is 0 Å². The quantitative estimate of drug-likeness (QED) is 0.789. The summed E-state index contributed by atoms with van der Waals surface area (Å²) in [5.74, 6) is 1.43. The molecule has 2 aliphatic rings. The highest BCUT2D eigenvalue weighted by Crippen LogP contribution is 2.38. The first-order chi connectivity index (χ1) is 10.2. The van der Waals surface area contributed by atoms with Crippen LogP contribution in [0.4, 0.5) is 0 Å². The molecular weight excluding hydrogens is 280 g/mol. The molecule has 3 N–H and O–H groups in total. The molecule has 0 aliphatic heterocycles. The number of nitrogens with two attached hydrogens (primary N) is 1. The number of nitrogens with one attached hydrogen (secondary N) is 1. The Balaban J connectivity index is 1.80. The van der Waals surface area contributed by atoms with Crippen LogP contribution in [0.3, 0.4) is 0 Å². The van der Waals surface area contributed by atoms with Crippen molar-refractivity contribution >= 4 is 17.7 Å². The Morgan fingerprint density at radius 3 is 2.67 bits per heavy atom. The Morgan fingerprint density at radius 1 is 1.24 bits per heavy atom. The van der Waals surface area contributed by atoms with Crippen molar-refractivity contribution in [2.75, 3.05) is 12.3 Å². The molecule has 0 aromatic carbocycles. The summed E-state index contributed by atoms with van der Waals surface area (Å²) in [7, 11) is 0. The van der Waals surface area contributed by atoms with Crippen LogP contribution in [-0.2, 0) is 4.79 Å². The second kappa shape index (κ2) is 8.42. The third kappa shape index (κ3) is 5.17. The molecule has 2 atom stereocenters. The van der Waals surface area contributed by atoms with E-state index in [4.69, 9.17) is 5.73 Å². The minimum atomic E-state index is 0.0918. The summed E-state index contributed by atoms with van der Waals surface area (Å²) < 4.78 is 0. The molecule has 2 unspecified atom stereocenters. The molecule has 0 bridgehead atoms. The highest BCUT2D eigenvalue weighted by molar-refractivity contribution is 7.99. The van der Waals surface area contributed by atoms with Crippen molar-refractivity contribution in [3.05, 3.63) is 0 Å². The van der Waals surface area contributed by atoms with Crippen molar-refractivity contribution in [3.8, 4) is 0 Å². The molecule has 3 nitrogen and oxygen atoms in total. The second-order valence-corrected chi connectivity index (χ2v) is 8.53. The fourth-order valence-corrected chi connectivity index (χ4v) is 5.21. The van der Waals surface area contributed by atoms with Crippen LogP contribution in [0.25, 0.3) is 0 Å². The number of carbonyl (C=O) groups is 1. The molecule has 2 rings (SSSR count). The van der Waals surface area contributed by atoms with E-state index in [9.17, 15) is 4.79 Å². The van der Waals surface area contributed by atoms with Gasteiger partial charge < -0.3 is 11.1 Å². The van der Waals surface area contributed by atoms with Crippen LogP contribution in [0.2, 0.25) is 0 Å². The minimum absolute atomic E-state index is 0.0918. The molecule has 1 amide bonds. The number of rotatable bonds is 6. The largest absolute Gasteiger partial charge is 0.353 e. The average Bonchev–Trinajstić information content (AvgIpc) is 2.49. The molecule has 4 heteroatoms. The number of hydrogen-bond acceptors (Lipinski definition) is 3. The van der Waals surface area contributed by atoms with E-state index >= 15 is 0 Å². The molecule has 2 saturated carbocycles. The zero-order chi connectivity index (χ0) is 15.1. The Bertz CT molecular complexity index is 327. The minimum Gasteiger partial charge on any atom is -0.353 e. The van der Waals surface area contributed by atoms with Gasteiger partial charge in [-0.2, -0.15) is 11.8 Å². The first-order valence-electron chi connectivity index (χ1n) is 8.78. The van der Waals surface area contributed by atoms with Gasteiger partial charge in [-0.15, -0.1) is 0 Å². The maximum absolute atomic E-state index is 12.4. The lowest BCUT2D eigenvalue weighted by molar-refractivity contribution is -0.124. The van der Waals surface area contributed by atoms with Gasteiger partial charge in [0.25, 0.3) is 0 Å². The zero-order valence-electron chi connectivity index (χ0n) is 13.5. The van der Waals surface area contributed by atoms with Gasteiger partial charge in [0, 0.05) is 17.7 Å². The maximum Gasteiger partial charge on any atom is 0.220 e. The van der Waals surface area contributed by atoms with Crippen LogP contribution in [0.5, 0.6) is 0 Å². The lowest BCUT2D eigenvalue weighted by atomic mass is 9.71. The molecule has 2 aliphatic carbocycles. The number of amides is 1. The number of thioether (sulfide) groups is 1. The van der Waals surface area contributed by atoms with Gasteiger partial charge >= 0.3 is 0 Å². The number of hydrogen-bond donors (Lipinski definition) is 2. The van der Waals surface area contributed by atoms with Crippen LogP contribution >= 0.6 is 11.8 Å². The molecule has 0 heterocycles. The second-order valence-electron chi connectivity index (χ2n) is 6.95.